The van der Waals surface area contributed by atoms with Gasteiger partial charge in [-0.25, -0.2) is 0 Å². The summed E-state index contributed by atoms with van der Waals surface area (Å²) in [6.45, 7) is 12.7. The first-order valence-electron chi connectivity index (χ1n) is 3.36. The molecule has 0 saturated heterocycles. The van der Waals surface area contributed by atoms with E-state index in [2.05, 4.69) is 31.8 Å². The first-order chi connectivity index (χ1) is 4.26. The van der Waals surface area contributed by atoms with Crippen molar-refractivity contribution in [3.63, 3.8) is 0 Å². The molecule has 0 rings (SSSR count). The highest BCUT2D eigenvalue weighted by atomic mass is 31.1. The van der Waals surface area contributed by atoms with Crippen LogP contribution in [0.4, 0.5) is 0 Å². The summed E-state index contributed by atoms with van der Waals surface area (Å²) in [5.41, 5.74) is 0. The van der Waals surface area contributed by atoms with Gasteiger partial charge in [0.05, 0.1) is 0 Å². The van der Waals surface area contributed by atoms with Crippen molar-refractivity contribution in [2.75, 3.05) is 19.8 Å². The Morgan fingerprint density at radius 1 is 1.44 bits per heavy atom. The second kappa shape index (κ2) is 4.96. The highest BCUT2D eigenvalue weighted by Crippen LogP contribution is 2.35. The van der Waals surface area contributed by atoms with Gasteiger partial charge in [-0.2, -0.15) is 0 Å². The Morgan fingerprint density at radius 3 is 2.00 bits per heavy atom. The summed E-state index contributed by atoms with van der Waals surface area (Å²) in [6, 6.07) is 0. The lowest BCUT2D eigenvalue weighted by Crippen LogP contribution is -2.14. The van der Waals surface area contributed by atoms with Crippen molar-refractivity contribution in [2.24, 2.45) is 0 Å². The van der Waals surface area contributed by atoms with Crippen LogP contribution in [0.15, 0.2) is 12.4 Å². The Hall–Kier alpha value is 0.130. The molecule has 0 spiro atoms. The van der Waals surface area contributed by atoms with Gasteiger partial charge in [-0.3, -0.25) is 4.67 Å². The Labute approximate surface area is 59.6 Å². The van der Waals surface area contributed by atoms with E-state index in [1.807, 2.05) is 5.82 Å². The zero-order chi connectivity index (χ0) is 7.28. The molecule has 0 aliphatic carbocycles. The van der Waals surface area contributed by atoms with E-state index in [-0.39, 0.29) is 8.07 Å². The molecule has 0 N–H and O–H groups in total. The summed E-state index contributed by atoms with van der Waals surface area (Å²) in [5, 5.41) is 0. The average Bonchev–Trinajstić information content (AvgIpc) is 1.90. The van der Waals surface area contributed by atoms with Crippen LogP contribution in [0.1, 0.15) is 13.8 Å². The van der Waals surface area contributed by atoms with Crippen molar-refractivity contribution in [1.82, 2.24) is 4.67 Å². The minimum Gasteiger partial charge on any atom is -0.280 e. The van der Waals surface area contributed by atoms with Crippen LogP contribution in [0, 0.1) is 0 Å². The van der Waals surface area contributed by atoms with Crippen LogP contribution in [0.2, 0.25) is 0 Å². The van der Waals surface area contributed by atoms with Crippen molar-refractivity contribution in [3.05, 3.63) is 12.4 Å². The van der Waals surface area contributed by atoms with E-state index in [0.717, 1.165) is 13.1 Å². The van der Waals surface area contributed by atoms with E-state index < -0.39 is 0 Å². The van der Waals surface area contributed by atoms with Crippen molar-refractivity contribution in [2.45, 2.75) is 13.8 Å². The molecule has 0 fully saturated rings. The molecule has 0 aliphatic heterocycles. The van der Waals surface area contributed by atoms with Gasteiger partial charge in [-0.05, 0) is 27.8 Å². The van der Waals surface area contributed by atoms with Gasteiger partial charge >= 0.3 is 0 Å². The summed E-state index contributed by atoms with van der Waals surface area (Å²) in [6.07, 6.45) is 0. The number of hydrogen-bond donors (Lipinski definition) is 0. The zero-order valence-corrected chi connectivity index (χ0v) is 7.49. The lowest BCUT2D eigenvalue weighted by atomic mass is 10.7. The normalized spacial score (nSPS) is 13.8. The van der Waals surface area contributed by atoms with Crippen molar-refractivity contribution in [1.29, 1.82) is 0 Å². The Kier molecular flexibility index (Phi) is 5.03. The number of nitrogens with zero attached hydrogens (tertiary/aromatic N) is 1. The van der Waals surface area contributed by atoms with E-state index in [4.69, 9.17) is 0 Å². The molecule has 0 aromatic heterocycles. The molecule has 0 aromatic rings. The summed E-state index contributed by atoms with van der Waals surface area (Å²) in [4.78, 5) is 0. The number of rotatable bonds is 4. The second-order valence-electron chi connectivity index (χ2n) is 1.90. The van der Waals surface area contributed by atoms with Crippen molar-refractivity contribution >= 4 is 8.07 Å². The van der Waals surface area contributed by atoms with Crippen LogP contribution in [0.25, 0.3) is 0 Å². The summed E-state index contributed by atoms with van der Waals surface area (Å²) < 4.78 is 2.42. The minimum absolute atomic E-state index is 0.0448. The van der Waals surface area contributed by atoms with Gasteiger partial charge in [0, 0.05) is 0 Å². The van der Waals surface area contributed by atoms with E-state index >= 15 is 0 Å². The third-order valence-electron chi connectivity index (χ3n) is 1.44. The van der Waals surface area contributed by atoms with Gasteiger partial charge in [0.15, 0.2) is 0 Å². The first-order valence-corrected chi connectivity index (χ1v) is 5.17. The third-order valence-corrected chi connectivity index (χ3v) is 3.43. The molecule has 1 nitrogen and oxygen atoms in total. The monoisotopic (exact) mass is 145 g/mol. The fourth-order valence-corrected chi connectivity index (χ4v) is 1.91. The smallest absolute Gasteiger partial charge is 0.000511 e. The molecule has 0 aromatic carbocycles. The lowest BCUT2D eigenvalue weighted by Gasteiger charge is -2.22. The fraction of sp³-hybridized carbons (Fsp3) is 0.714. The predicted molar refractivity (Wildman–Crippen MR) is 46.0 cm³/mol. The summed E-state index contributed by atoms with van der Waals surface area (Å²) in [5.74, 6) is 2.04. The molecule has 9 heavy (non-hydrogen) atoms. The molecule has 1 atom stereocenters. The molecule has 0 radical (unpaired) electrons. The van der Waals surface area contributed by atoms with E-state index in [1.165, 1.54) is 0 Å². The molecule has 0 aliphatic rings. The molecule has 0 amide bonds. The topological polar surface area (TPSA) is 3.24 Å². The molecule has 0 heterocycles. The largest absolute Gasteiger partial charge is 0.280 e. The highest BCUT2D eigenvalue weighted by molar-refractivity contribution is 7.57. The van der Waals surface area contributed by atoms with Gasteiger partial charge < -0.3 is 0 Å². The fourth-order valence-electron chi connectivity index (χ4n) is 0.785. The van der Waals surface area contributed by atoms with Gasteiger partial charge in [-0.15, -0.1) is 0 Å². The quantitative estimate of drug-likeness (QED) is 0.549. The van der Waals surface area contributed by atoms with Crippen LogP contribution in [-0.4, -0.2) is 24.4 Å². The maximum absolute atomic E-state index is 3.76. The Balaban J connectivity index is 3.63. The van der Waals surface area contributed by atoms with Crippen LogP contribution in [-0.2, 0) is 0 Å². The SMILES string of the molecule is C=CP(C)N(CC)CC. The average molecular weight is 145 g/mol. The Bertz CT molecular complexity index is 79.0. The zero-order valence-electron chi connectivity index (χ0n) is 6.59. The molecule has 0 saturated carbocycles. The summed E-state index contributed by atoms with van der Waals surface area (Å²) >= 11 is 0. The van der Waals surface area contributed by atoms with Crippen LogP contribution in [0.5, 0.6) is 0 Å². The van der Waals surface area contributed by atoms with E-state index in [0.29, 0.717) is 0 Å². The maximum Gasteiger partial charge on any atom is -0.000511 e. The van der Waals surface area contributed by atoms with Crippen molar-refractivity contribution in [3.8, 4) is 0 Å². The molecule has 2 heteroatoms. The molecule has 1 unspecified atom stereocenters. The maximum atomic E-state index is 3.76. The van der Waals surface area contributed by atoms with Crippen LogP contribution in [0.3, 0.4) is 0 Å². The molecule has 54 valence electrons. The van der Waals surface area contributed by atoms with Gasteiger partial charge in [0.1, 0.15) is 0 Å². The van der Waals surface area contributed by atoms with Crippen LogP contribution < -0.4 is 0 Å². The van der Waals surface area contributed by atoms with E-state index in [1.54, 1.807) is 0 Å². The third kappa shape index (κ3) is 2.98. The molecular weight excluding hydrogens is 129 g/mol. The highest BCUT2D eigenvalue weighted by Gasteiger charge is 2.02. The second-order valence-corrected chi connectivity index (χ2v) is 3.97. The predicted octanol–water partition coefficient (Wildman–Crippen LogP) is 2.50. The lowest BCUT2D eigenvalue weighted by molar-refractivity contribution is 0.512. The standard InChI is InChI=1S/C7H16NP/c1-5-8(6-2)9(4)7-3/h7H,3,5-6H2,1-2,4H3. The van der Waals surface area contributed by atoms with Crippen molar-refractivity contribution < 1.29 is 0 Å². The first kappa shape index (κ1) is 9.13. The molecular formula is C7H16NP. The summed E-state index contributed by atoms with van der Waals surface area (Å²) in [7, 11) is -0.0448. The minimum atomic E-state index is -0.0448. The van der Waals surface area contributed by atoms with E-state index in [9.17, 15) is 0 Å². The van der Waals surface area contributed by atoms with Crippen LogP contribution >= 0.6 is 8.07 Å². The van der Waals surface area contributed by atoms with Gasteiger partial charge in [-0.1, -0.05) is 26.2 Å². The van der Waals surface area contributed by atoms with Gasteiger partial charge in [0.2, 0.25) is 0 Å². The number of hydrogen-bond acceptors (Lipinski definition) is 1. The van der Waals surface area contributed by atoms with Gasteiger partial charge in [0.25, 0.3) is 0 Å². The Morgan fingerprint density at radius 2 is 1.89 bits per heavy atom. The molecule has 0 bridgehead atoms.